The van der Waals surface area contributed by atoms with Crippen LogP contribution in [0.25, 0.3) is 0 Å². The second-order valence-electron chi connectivity index (χ2n) is 4.97. The van der Waals surface area contributed by atoms with E-state index in [2.05, 4.69) is 18.9 Å². The molecule has 2 rings (SSSR count). The van der Waals surface area contributed by atoms with E-state index in [-0.39, 0.29) is 6.10 Å². The van der Waals surface area contributed by atoms with Gasteiger partial charge in [0.15, 0.2) is 0 Å². The molecule has 98 valence electrons. The maximum Gasteiger partial charge on any atom is 0.488 e. The van der Waals surface area contributed by atoms with Gasteiger partial charge < -0.3 is 14.8 Å². The molecule has 1 saturated heterocycles. The molecule has 18 heavy (non-hydrogen) atoms. The Labute approximate surface area is 108 Å². The Morgan fingerprint density at radius 3 is 2.83 bits per heavy atom. The number of benzene rings is 1. The van der Waals surface area contributed by atoms with Gasteiger partial charge in [-0.05, 0) is 31.4 Å². The SMILES string of the molecule is CC1OCCC1N(C)Cc1cccc(B(O)O)c1. The zero-order valence-electron chi connectivity index (χ0n) is 10.9. The molecule has 0 aliphatic carbocycles. The fourth-order valence-electron chi connectivity index (χ4n) is 2.56. The molecule has 1 heterocycles. The van der Waals surface area contributed by atoms with E-state index in [0.29, 0.717) is 11.5 Å². The van der Waals surface area contributed by atoms with Crippen LogP contribution in [0.1, 0.15) is 18.9 Å². The first kappa shape index (κ1) is 13.6. The van der Waals surface area contributed by atoms with Crippen LogP contribution in [-0.4, -0.2) is 47.9 Å². The highest BCUT2D eigenvalue weighted by atomic mass is 16.5. The first-order valence-corrected chi connectivity index (χ1v) is 6.34. The summed E-state index contributed by atoms with van der Waals surface area (Å²) in [6.45, 7) is 3.71. The summed E-state index contributed by atoms with van der Waals surface area (Å²) < 4.78 is 5.56. The lowest BCUT2D eigenvalue weighted by Crippen LogP contribution is -2.36. The first-order chi connectivity index (χ1) is 8.58. The van der Waals surface area contributed by atoms with Gasteiger partial charge >= 0.3 is 7.12 Å². The molecule has 5 heteroatoms. The second-order valence-corrected chi connectivity index (χ2v) is 4.97. The van der Waals surface area contributed by atoms with Gasteiger partial charge in [-0.25, -0.2) is 0 Å². The molecule has 2 atom stereocenters. The zero-order valence-corrected chi connectivity index (χ0v) is 10.9. The van der Waals surface area contributed by atoms with E-state index in [1.54, 1.807) is 6.07 Å². The minimum absolute atomic E-state index is 0.265. The van der Waals surface area contributed by atoms with Crippen molar-refractivity contribution in [2.24, 2.45) is 0 Å². The number of hydrogen-bond donors (Lipinski definition) is 2. The summed E-state index contributed by atoms with van der Waals surface area (Å²) in [7, 11) is 0.682. The monoisotopic (exact) mass is 249 g/mol. The largest absolute Gasteiger partial charge is 0.488 e. The Morgan fingerprint density at radius 1 is 1.44 bits per heavy atom. The normalized spacial score (nSPS) is 23.6. The van der Waals surface area contributed by atoms with E-state index in [9.17, 15) is 0 Å². The van der Waals surface area contributed by atoms with Crippen molar-refractivity contribution >= 4 is 12.6 Å². The number of likely N-dealkylation sites (N-methyl/N-ethyl adjacent to an activating group) is 1. The summed E-state index contributed by atoms with van der Waals surface area (Å²) in [5, 5.41) is 18.3. The van der Waals surface area contributed by atoms with Crippen molar-refractivity contribution in [1.29, 1.82) is 0 Å². The lowest BCUT2D eigenvalue weighted by molar-refractivity contribution is 0.0814. The molecule has 0 aromatic heterocycles. The van der Waals surface area contributed by atoms with Crippen molar-refractivity contribution in [3.8, 4) is 0 Å². The molecule has 2 unspecified atom stereocenters. The lowest BCUT2D eigenvalue weighted by atomic mass is 9.79. The smallest absolute Gasteiger partial charge is 0.423 e. The Kier molecular flexibility index (Phi) is 4.40. The zero-order chi connectivity index (χ0) is 13.1. The fourth-order valence-corrected chi connectivity index (χ4v) is 2.56. The summed E-state index contributed by atoms with van der Waals surface area (Å²) in [5.74, 6) is 0. The molecule has 0 amide bonds. The van der Waals surface area contributed by atoms with Crippen molar-refractivity contribution in [1.82, 2.24) is 4.90 Å². The lowest BCUT2D eigenvalue weighted by Gasteiger charge is -2.26. The minimum Gasteiger partial charge on any atom is -0.423 e. The van der Waals surface area contributed by atoms with Crippen LogP contribution in [0.2, 0.25) is 0 Å². The molecule has 1 fully saturated rings. The molecule has 4 nitrogen and oxygen atoms in total. The van der Waals surface area contributed by atoms with Crippen molar-refractivity contribution in [2.45, 2.75) is 32.0 Å². The topological polar surface area (TPSA) is 52.9 Å². The number of rotatable bonds is 4. The third kappa shape index (κ3) is 3.11. The predicted octanol–water partition coefficient (Wildman–Crippen LogP) is -0.0244. The van der Waals surface area contributed by atoms with E-state index in [4.69, 9.17) is 14.8 Å². The number of nitrogens with zero attached hydrogens (tertiary/aromatic N) is 1. The summed E-state index contributed by atoms with van der Waals surface area (Å²) in [5.41, 5.74) is 1.62. The van der Waals surface area contributed by atoms with E-state index >= 15 is 0 Å². The first-order valence-electron chi connectivity index (χ1n) is 6.34. The Hall–Kier alpha value is -0.875. The Bertz CT molecular complexity index is 400. The van der Waals surface area contributed by atoms with Crippen LogP contribution in [0.4, 0.5) is 0 Å². The Morgan fingerprint density at radius 2 is 2.22 bits per heavy atom. The summed E-state index contributed by atoms with van der Waals surface area (Å²) in [4.78, 5) is 2.26. The van der Waals surface area contributed by atoms with E-state index < -0.39 is 7.12 Å². The quantitative estimate of drug-likeness (QED) is 0.736. The fraction of sp³-hybridized carbons (Fsp3) is 0.538. The molecule has 0 saturated carbocycles. The highest BCUT2D eigenvalue weighted by Crippen LogP contribution is 2.19. The van der Waals surface area contributed by atoms with Crippen LogP contribution in [0.15, 0.2) is 24.3 Å². The molecule has 1 aromatic carbocycles. The van der Waals surface area contributed by atoms with Gasteiger partial charge in [0, 0.05) is 19.2 Å². The third-order valence-electron chi connectivity index (χ3n) is 3.58. The predicted molar refractivity (Wildman–Crippen MR) is 71.6 cm³/mol. The van der Waals surface area contributed by atoms with Crippen molar-refractivity contribution in [3.63, 3.8) is 0 Å². The van der Waals surface area contributed by atoms with Gasteiger partial charge in [-0.3, -0.25) is 4.90 Å². The van der Waals surface area contributed by atoms with Gasteiger partial charge in [-0.15, -0.1) is 0 Å². The van der Waals surface area contributed by atoms with Crippen molar-refractivity contribution < 1.29 is 14.8 Å². The van der Waals surface area contributed by atoms with Crippen LogP contribution in [0.3, 0.4) is 0 Å². The van der Waals surface area contributed by atoms with Crippen LogP contribution in [0, 0.1) is 0 Å². The summed E-state index contributed by atoms with van der Waals surface area (Å²) in [6.07, 6.45) is 1.32. The molecular weight excluding hydrogens is 229 g/mol. The van der Waals surface area contributed by atoms with E-state index in [1.807, 2.05) is 18.2 Å². The van der Waals surface area contributed by atoms with Crippen molar-refractivity contribution in [3.05, 3.63) is 29.8 Å². The van der Waals surface area contributed by atoms with Gasteiger partial charge in [-0.2, -0.15) is 0 Å². The van der Waals surface area contributed by atoms with Crippen molar-refractivity contribution in [2.75, 3.05) is 13.7 Å². The summed E-state index contributed by atoms with van der Waals surface area (Å²) in [6, 6.07) is 7.85. The highest BCUT2D eigenvalue weighted by Gasteiger charge is 2.27. The van der Waals surface area contributed by atoms with Gasteiger partial charge in [0.2, 0.25) is 0 Å². The Balaban J connectivity index is 2.02. The van der Waals surface area contributed by atoms with Gasteiger partial charge in [0.1, 0.15) is 0 Å². The molecule has 0 radical (unpaired) electrons. The second kappa shape index (κ2) is 5.84. The molecule has 1 aliphatic heterocycles. The number of hydrogen-bond acceptors (Lipinski definition) is 4. The highest BCUT2D eigenvalue weighted by molar-refractivity contribution is 6.58. The average Bonchev–Trinajstić information content (AvgIpc) is 2.76. The molecule has 1 aliphatic rings. The van der Waals surface area contributed by atoms with Crippen LogP contribution >= 0.6 is 0 Å². The standard InChI is InChI=1S/C13H20BNO3/c1-10-13(6-7-18-10)15(2)9-11-4-3-5-12(8-11)14(16)17/h3-5,8,10,13,16-17H,6-7,9H2,1-2H3. The van der Waals surface area contributed by atoms with E-state index in [0.717, 1.165) is 25.1 Å². The molecule has 0 spiro atoms. The number of ether oxygens (including phenoxy) is 1. The summed E-state index contributed by atoms with van der Waals surface area (Å²) >= 11 is 0. The van der Waals surface area contributed by atoms with Crippen LogP contribution < -0.4 is 5.46 Å². The maximum absolute atomic E-state index is 9.16. The average molecular weight is 249 g/mol. The third-order valence-corrected chi connectivity index (χ3v) is 3.58. The van der Waals surface area contributed by atoms with Gasteiger partial charge in [0.05, 0.1) is 6.10 Å². The van der Waals surface area contributed by atoms with E-state index in [1.165, 1.54) is 0 Å². The minimum atomic E-state index is -1.40. The molecule has 2 N–H and O–H groups in total. The maximum atomic E-state index is 9.16. The van der Waals surface area contributed by atoms with Crippen LogP contribution in [-0.2, 0) is 11.3 Å². The molecule has 1 aromatic rings. The molecule has 0 bridgehead atoms. The van der Waals surface area contributed by atoms with Gasteiger partial charge in [0.25, 0.3) is 0 Å². The molecular formula is C13H20BNO3. The van der Waals surface area contributed by atoms with Crippen LogP contribution in [0.5, 0.6) is 0 Å². The van der Waals surface area contributed by atoms with Gasteiger partial charge in [-0.1, -0.05) is 24.3 Å².